The minimum absolute atomic E-state index is 0.379. The number of rotatable bonds is 1. The van der Waals surface area contributed by atoms with Gasteiger partial charge in [-0.1, -0.05) is 23.7 Å². The van der Waals surface area contributed by atoms with Gasteiger partial charge in [0.15, 0.2) is 5.65 Å². The smallest absolute Gasteiger partial charge is 0.163 e. The number of nitrogens with zero attached hydrogens (tertiary/aromatic N) is 3. The quantitative estimate of drug-likeness (QED) is 0.661. The molecule has 3 rings (SSSR count). The summed E-state index contributed by atoms with van der Waals surface area (Å²) in [7, 11) is 0. The summed E-state index contributed by atoms with van der Waals surface area (Å²) in [6.45, 7) is 0. The van der Waals surface area contributed by atoms with Gasteiger partial charge in [0.25, 0.3) is 0 Å². The minimum Gasteiger partial charge on any atom is -0.233 e. The monoisotopic (exact) mass is 247 g/mol. The molecule has 1 aromatic carbocycles. The van der Waals surface area contributed by atoms with Crippen LogP contribution < -0.4 is 0 Å². The van der Waals surface area contributed by atoms with Crippen molar-refractivity contribution in [3.63, 3.8) is 0 Å². The van der Waals surface area contributed by atoms with Crippen molar-refractivity contribution < 1.29 is 4.39 Å². The molecule has 2 aromatic heterocycles. The molecule has 0 aliphatic heterocycles. The summed E-state index contributed by atoms with van der Waals surface area (Å²) in [4.78, 5) is 4.03. The molecule has 0 unspecified atom stereocenters. The maximum absolute atomic E-state index is 13.0. The number of benzene rings is 1. The maximum Gasteiger partial charge on any atom is 0.163 e. The standard InChI is InChI=1S/C12H7ClFN3/c13-10-3-1-2-4-11(10)17-12-8(6-16-17)5-9(14)7-15-12/h1-7H. The number of fused-ring (bicyclic) bond motifs is 1. The van der Waals surface area contributed by atoms with E-state index in [0.29, 0.717) is 16.1 Å². The Morgan fingerprint density at radius 3 is 2.82 bits per heavy atom. The van der Waals surface area contributed by atoms with E-state index in [4.69, 9.17) is 11.6 Å². The van der Waals surface area contributed by atoms with Gasteiger partial charge in [0, 0.05) is 5.39 Å². The zero-order chi connectivity index (χ0) is 11.8. The lowest BCUT2D eigenvalue weighted by Gasteiger charge is -2.04. The Hall–Kier alpha value is -1.94. The summed E-state index contributed by atoms with van der Waals surface area (Å²) in [6, 6.07) is 8.69. The fourth-order valence-corrected chi connectivity index (χ4v) is 1.91. The Labute approximate surface area is 101 Å². The molecule has 0 saturated carbocycles. The van der Waals surface area contributed by atoms with Crippen molar-refractivity contribution in [1.29, 1.82) is 0 Å². The van der Waals surface area contributed by atoms with Crippen LogP contribution in [0.1, 0.15) is 0 Å². The van der Waals surface area contributed by atoms with Crippen LogP contribution in [0.25, 0.3) is 16.7 Å². The average molecular weight is 248 g/mol. The van der Waals surface area contributed by atoms with Gasteiger partial charge in [-0.15, -0.1) is 0 Å². The van der Waals surface area contributed by atoms with E-state index in [2.05, 4.69) is 10.1 Å². The van der Waals surface area contributed by atoms with Gasteiger partial charge in [-0.25, -0.2) is 14.1 Å². The van der Waals surface area contributed by atoms with Gasteiger partial charge in [-0.05, 0) is 18.2 Å². The van der Waals surface area contributed by atoms with Crippen LogP contribution in [0.15, 0.2) is 42.7 Å². The van der Waals surface area contributed by atoms with E-state index >= 15 is 0 Å². The molecule has 0 radical (unpaired) electrons. The molecule has 5 heteroatoms. The molecule has 0 aliphatic carbocycles. The average Bonchev–Trinajstić information content (AvgIpc) is 2.72. The Kier molecular flexibility index (Phi) is 2.30. The third-order valence-electron chi connectivity index (χ3n) is 2.46. The van der Waals surface area contributed by atoms with Gasteiger partial charge in [0.1, 0.15) is 5.82 Å². The molecule has 0 aliphatic rings. The molecular formula is C12H7ClFN3. The van der Waals surface area contributed by atoms with Crippen LogP contribution >= 0.6 is 11.6 Å². The molecule has 0 spiro atoms. The SMILES string of the molecule is Fc1cnc2c(cnn2-c2ccccc2Cl)c1. The predicted molar refractivity (Wildman–Crippen MR) is 63.8 cm³/mol. The minimum atomic E-state index is -0.379. The first-order valence-corrected chi connectivity index (χ1v) is 5.38. The van der Waals surface area contributed by atoms with Crippen LogP contribution in [0.4, 0.5) is 4.39 Å². The predicted octanol–water partition coefficient (Wildman–Crippen LogP) is 3.21. The van der Waals surface area contributed by atoms with E-state index in [9.17, 15) is 4.39 Å². The van der Waals surface area contributed by atoms with E-state index in [0.717, 1.165) is 11.9 Å². The van der Waals surface area contributed by atoms with Crippen LogP contribution in [0.5, 0.6) is 0 Å². The molecule has 84 valence electrons. The van der Waals surface area contributed by atoms with Crippen LogP contribution in [0, 0.1) is 5.82 Å². The van der Waals surface area contributed by atoms with E-state index < -0.39 is 0 Å². The molecule has 0 fully saturated rings. The van der Waals surface area contributed by atoms with Crippen LogP contribution in [0.3, 0.4) is 0 Å². The van der Waals surface area contributed by atoms with Gasteiger partial charge >= 0.3 is 0 Å². The van der Waals surface area contributed by atoms with Crippen LogP contribution in [-0.2, 0) is 0 Å². The lowest BCUT2D eigenvalue weighted by Crippen LogP contribution is -1.98. The molecule has 0 bridgehead atoms. The van der Waals surface area contributed by atoms with Crippen LogP contribution in [-0.4, -0.2) is 14.8 Å². The Morgan fingerprint density at radius 2 is 2.00 bits per heavy atom. The lowest BCUT2D eigenvalue weighted by atomic mass is 10.3. The van der Waals surface area contributed by atoms with Gasteiger partial charge in [-0.3, -0.25) is 0 Å². The number of hydrogen-bond acceptors (Lipinski definition) is 2. The first-order valence-electron chi connectivity index (χ1n) is 5.00. The molecule has 2 heterocycles. The number of aromatic nitrogens is 3. The molecular weight excluding hydrogens is 241 g/mol. The highest BCUT2D eigenvalue weighted by Crippen LogP contribution is 2.22. The highest BCUT2D eigenvalue weighted by molar-refractivity contribution is 6.32. The topological polar surface area (TPSA) is 30.7 Å². The number of para-hydroxylation sites is 1. The first-order chi connectivity index (χ1) is 8.25. The Morgan fingerprint density at radius 1 is 1.18 bits per heavy atom. The second kappa shape index (κ2) is 3.82. The van der Waals surface area contributed by atoms with Gasteiger partial charge in [0.05, 0.1) is 23.1 Å². The highest BCUT2D eigenvalue weighted by Gasteiger charge is 2.09. The molecule has 0 atom stereocenters. The summed E-state index contributed by atoms with van der Waals surface area (Å²) in [5.41, 5.74) is 1.31. The molecule has 3 nitrogen and oxygen atoms in total. The summed E-state index contributed by atoms with van der Waals surface area (Å²) >= 11 is 6.08. The van der Waals surface area contributed by atoms with Gasteiger partial charge < -0.3 is 0 Å². The maximum atomic E-state index is 13.0. The third kappa shape index (κ3) is 1.66. The zero-order valence-corrected chi connectivity index (χ0v) is 9.39. The van der Waals surface area contributed by atoms with Gasteiger partial charge in [0.2, 0.25) is 0 Å². The van der Waals surface area contributed by atoms with Gasteiger partial charge in [-0.2, -0.15) is 5.10 Å². The zero-order valence-electron chi connectivity index (χ0n) is 8.64. The van der Waals surface area contributed by atoms with Crippen LogP contribution in [0.2, 0.25) is 5.02 Å². The first kappa shape index (κ1) is 10.2. The molecule has 0 amide bonds. The molecule has 0 N–H and O–H groups in total. The molecule has 3 aromatic rings. The van der Waals surface area contributed by atoms with E-state index in [1.165, 1.54) is 6.07 Å². The third-order valence-corrected chi connectivity index (χ3v) is 2.77. The van der Waals surface area contributed by atoms with Crippen molar-refractivity contribution in [3.8, 4) is 5.69 Å². The Balaban J connectivity index is 2.29. The van der Waals surface area contributed by atoms with E-state index in [1.54, 1.807) is 16.9 Å². The summed E-state index contributed by atoms with van der Waals surface area (Å²) in [6.07, 6.45) is 2.73. The summed E-state index contributed by atoms with van der Waals surface area (Å²) in [5, 5.41) is 5.39. The van der Waals surface area contributed by atoms with Crippen molar-refractivity contribution in [2.24, 2.45) is 0 Å². The number of pyridine rings is 1. The lowest BCUT2D eigenvalue weighted by molar-refractivity contribution is 0.624. The van der Waals surface area contributed by atoms with E-state index in [1.807, 2.05) is 18.2 Å². The fourth-order valence-electron chi connectivity index (χ4n) is 1.69. The normalized spacial score (nSPS) is 10.9. The van der Waals surface area contributed by atoms with Crippen molar-refractivity contribution in [2.45, 2.75) is 0 Å². The van der Waals surface area contributed by atoms with Crippen molar-refractivity contribution >= 4 is 22.6 Å². The molecule has 17 heavy (non-hydrogen) atoms. The van der Waals surface area contributed by atoms with Crippen molar-refractivity contribution in [3.05, 3.63) is 53.6 Å². The summed E-state index contributed by atoms with van der Waals surface area (Å²) in [5.74, 6) is -0.379. The summed E-state index contributed by atoms with van der Waals surface area (Å²) < 4.78 is 14.6. The van der Waals surface area contributed by atoms with Crippen molar-refractivity contribution in [1.82, 2.24) is 14.8 Å². The second-order valence-electron chi connectivity index (χ2n) is 3.57. The fraction of sp³-hybridized carbons (Fsp3) is 0. The number of hydrogen-bond donors (Lipinski definition) is 0. The Bertz CT molecular complexity index is 693. The largest absolute Gasteiger partial charge is 0.233 e. The van der Waals surface area contributed by atoms with E-state index in [-0.39, 0.29) is 5.82 Å². The van der Waals surface area contributed by atoms with Crippen molar-refractivity contribution in [2.75, 3.05) is 0 Å². The molecule has 0 saturated heterocycles. The number of halogens is 2. The highest BCUT2D eigenvalue weighted by atomic mass is 35.5. The second-order valence-corrected chi connectivity index (χ2v) is 3.98.